The molecule has 3 rings (SSSR count). The molecule has 0 aliphatic heterocycles. The Kier molecular flexibility index (Phi) is 7.46. The van der Waals surface area contributed by atoms with E-state index in [1.165, 1.54) is 23.9 Å². The zero-order valence-corrected chi connectivity index (χ0v) is 18.8. The fourth-order valence-corrected chi connectivity index (χ4v) is 3.58. The lowest BCUT2D eigenvalue weighted by atomic mass is 10.3. The molecular weight excluding hydrogens is 497 g/mol. The van der Waals surface area contributed by atoms with Crippen molar-refractivity contribution >= 4 is 62.5 Å². The number of amides is 2. The van der Waals surface area contributed by atoms with E-state index in [4.69, 9.17) is 11.6 Å². The smallest absolute Gasteiger partial charge is 0.234 e. The predicted molar refractivity (Wildman–Crippen MR) is 118 cm³/mol. The van der Waals surface area contributed by atoms with E-state index in [9.17, 15) is 14.0 Å². The SMILES string of the molecule is Cn1c(CC(=O)Nc2ccccc2F)nnc1SCC(=O)Nc1ccc(Br)c(Cl)c1. The highest BCUT2D eigenvalue weighted by Gasteiger charge is 2.15. The predicted octanol–water partition coefficient (Wildman–Crippen LogP) is 4.28. The second-order valence-corrected chi connectivity index (χ2v) is 8.33. The molecule has 0 radical (unpaired) electrons. The van der Waals surface area contributed by atoms with Crippen LogP contribution in [0.2, 0.25) is 5.02 Å². The maximum Gasteiger partial charge on any atom is 0.234 e. The number of carbonyl (C=O) groups is 2. The highest BCUT2D eigenvalue weighted by atomic mass is 79.9. The molecule has 3 aromatic rings. The number of aromatic nitrogens is 3. The summed E-state index contributed by atoms with van der Waals surface area (Å²) in [6.45, 7) is 0. The summed E-state index contributed by atoms with van der Waals surface area (Å²) in [7, 11) is 1.69. The zero-order chi connectivity index (χ0) is 21.7. The quantitative estimate of drug-likeness (QED) is 0.461. The number of hydrogen-bond donors (Lipinski definition) is 2. The molecule has 0 fully saturated rings. The van der Waals surface area contributed by atoms with Crippen molar-refractivity contribution in [2.75, 3.05) is 16.4 Å². The first-order chi connectivity index (χ1) is 14.3. The molecule has 0 saturated carbocycles. The average molecular weight is 513 g/mol. The first kappa shape index (κ1) is 22.3. The van der Waals surface area contributed by atoms with Gasteiger partial charge in [-0.05, 0) is 46.3 Å². The van der Waals surface area contributed by atoms with Crippen LogP contribution in [0.1, 0.15) is 5.82 Å². The van der Waals surface area contributed by atoms with Crippen LogP contribution in [-0.2, 0) is 23.1 Å². The molecule has 0 spiro atoms. The van der Waals surface area contributed by atoms with Gasteiger partial charge in [-0.15, -0.1) is 10.2 Å². The minimum atomic E-state index is -0.516. The average Bonchev–Trinajstić information content (AvgIpc) is 3.04. The van der Waals surface area contributed by atoms with Crippen molar-refractivity contribution in [2.45, 2.75) is 11.6 Å². The number of benzene rings is 2. The van der Waals surface area contributed by atoms with Gasteiger partial charge < -0.3 is 15.2 Å². The Morgan fingerprint density at radius 3 is 2.67 bits per heavy atom. The summed E-state index contributed by atoms with van der Waals surface area (Å²) in [6.07, 6.45) is -0.0814. The normalized spacial score (nSPS) is 10.7. The van der Waals surface area contributed by atoms with Gasteiger partial charge in [0.1, 0.15) is 11.6 Å². The molecule has 0 bridgehead atoms. The molecule has 0 aliphatic rings. The maximum atomic E-state index is 13.6. The van der Waals surface area contributed by atoms with Crippen LogP contribution in [0.4, 0.5) is 15.8 Å². The van der Waals surface area contributed by atoms with Gasteiger partial charge in [-0.2, -0.15) is 0 Å². The van der Waals surface area contributed by atoms with E-state index in [2.05, 4.69) is 36.8 Å². The van der Waals surface area contributed by atoms with Crippen LogP contribution in [0.3, 0.4) is 0 Å². The summed E-state index contributed by atoms with van der Waals surface area (Å²) in [5.41, 5.74) is 0.682. The number of carbonyl (C=O) groups excluding carboxylic acids is 2. The standard InChI is InChI=1S/C19H16BrClFN5O2S/c1-27-16(9-17(28)24-15-5-3-2-4-14(15)22)25-26-19(27)30-10-18(29)23-11-6-7-12(20)13(21)8-11/h2-8H,9-10H2,1H3,(H,23,29)(H,24,28). The number of hydrogen-bond acceptors (Lipinski definition) is 5. The number of halogens is 3. The Hall–Kier alpha value is -2.43. The maximum absolute atomic E-state index is 13.6. The Morgan fingerprint density at radius 1 is 1.17 bits per heavy atom. The largest absolute Gasteiger partial charge is 0.325 e. The lowest BCUT2D eigenvalue weighted by molar-refractivity contribution is -0.116. The lowest BCUT2D eigenvalue weighted by Crippen LogP contribution is -2.18. The molecule has 2 aromatic carbocycles. The highest BCUT2D eigenvalue weighted by molar-refractivity contribution is 9.10. The van der Waals surface area contributed by atoms with Crippen molar-refractivity contribution in [1.82, 2.24) is 14.8 Å². The molecule has 1 heterocycles. The van der Waals surface area contributed by atoms with Crippen LogP contribution >= 0.6 is 39.3 Å². The van der Waals surface area contributed by atoms with Crippen LogP contribution < -0.4 is 10.6 Å². The summed E-state index contributed by atoms with van der Waals surface area (Å²) in [5.74, 6) is -0.678. The Morgan fingerprint density at radius 2 is 1.93 bits per heavy atom. The van der Waals surface area contributed by atoms with E-state index >= 15 is 0 Å². The second-order valence-electron chi connectivity index (χ2n) is 6.13. The van der Waals surface area contributed by atoms with Gasteiger partial charge >= 0.3 is 0 Å². The summed E-state index contributed by atoms with van der Waals surface area (Å²) in [4.78, 5) is 24.3. The fourth-order valence-electron chi connectivity index (χ4n) is 2.43. The molecule has 156 valence electrons. The second kappa shape index (κ2) is 10.1. The number of thioether (sulfide) groups is 1. The zero-order valence-electron chi connectivity index (χ0n) is 15.7. The molecule has 2 amide bonds. The van der Waals surface area contributed by atoms with Gasteiger partial charge in [-0.1, -0.05) is 35.5 Å². The third-order valence-electron chi connectivity index (χ3n) is 3.93. The number of nitrogens with one attached hydrogen (secondary N) is 2. The van der Waals surface area contributed by atoms with Gasteiger partial charge in [0.2, 0.25) is 11.8 Å². The van der Waals surface area contributed by atoms with Crippen molar-refractivity contribution in [3.8, 4) is 0 Å². The summed E-state index contributed by atoms with van der Waals surface area (Å²) < 4.78 is 16.0. The van der Waals surface area contributed by atoms with Gasteiger partial charge in [-0.25, -0.2) is 4.39 Å². The molecule has 30 heavy (non-hydrogen) atoms. The van der Waals surface area contributed by atoms with E-state index < -0.39 is 11.7 Å². The summed E-state index contributed by atoms with van der Waals surface area (Å²) in [5, 5.41) is 14.2. The highest BCUT2D eigenvalue weighted by Crippen LogP contribution is 2.26. The molecule has 0 unspecified atom stereocenters. The third-order valence-corrected chi connectivity index (χ3v) is 6.18. The number of nitrogens with zero attached hydrogens (tertiary/aromatic N) is 3. The van der Waals surface area contributed by atoms with Crippen molar-refractivity contribution in [1.29, 1.82) is 0 Å². The van der Waals surface area contributed by atoms with Crippen LogP contribution in [0, 0.1) is 5.82 Å². The first-order valence-corrected chi connectivity index (χ1v) is 10.8. The van der Waals surface area contributed by atoms with Crippen LogP contribution in [0.25, 0.3) is 0 Å². The minimum absolute atomic E-state index is 0.0814. The molecule has 0 saturated heterocycles. The van der Waals surface area contributed by atoms with Crippen molar-refractivity contribution < 1.29 is 14.0 Å². The van der Waals surface area contributed by atoms with Gasteiger partial charge in [-0.3, -0.25) is 9.59 Å². The molecular formula is C19H16BrClFN5O2S. The van der Waals surface area contributed by atoms with E-state index in [1.807, 2.05) is 0 Å². The van der Waals surface area contributed by atoms with Crippen LogP contribution in [0.5, 0.6) is 0 Å². The van der Waals surface area contributed by atoms with Crippen molar-refractivity contribution in [3.63, 3.8) is 0 Å². The molecule has 0 aliphatic carbocycles. The monoisotopic (exact) mass is 511 g/mol. The topological polar surface area (TPSA) is 88.9 Å². The Bertz CT molecular complexity index is 1090. The van der Waals surface area contributed by atoms with Crippen LogP contribution in [0.15, 0.2) is 52.1 Å². The van der Waals surface area contributed by atoms with Gasteiger partial charge in [0, 0.05) is 17.2 Å². The van der Waals surface area contributed by atoms with Gasteiger partial charge in [0.15, 0.2) is 5.16 Å². The molecule has 1 aromatic heterocycles. The van der Waals surface area contributed by atoms with E-state index in [0.29, 0.717) is 21.7 Å². The first-order valence-electron chi connectivity index (χ1n) is 8.64. The lowest BCUT2D eigenvalue weighted by Gasteiger charge is -2.07. The van der Waals surface area contributed by atoms with Gasteiger partial charge in [0.25, 0.3) is 0 Å². The Labute approximate surface area is 189 Å². The minimum Gasteiger partial charge on any atom is -0.325 e. The number of para-hydroxylation sites is 1. The summed E-state index contributed by atoms with van der Waals surface area (Å²) >= 11 is 10.5. The molecule has 11 heteroatoms. The third kappa shape index (κ3) is 5.80. The Balaban J connectivity index is 1.54. The van der Waals surface area contributed by atoms with Gasteiger partial charge in [0.05, 0.1) is 22.9 Å². The number of anilines is 2. The van der Waals surface area contributed by atoms with Crippen LogP contribution in [-0.4, -0.2) is 32.3 Å². The van der Waals surface area contributed by atoms with E-state index in [0.717, 1.165) is 4.47 Å². The number of rotatable bonds is 7. The molecule has 2 N–H and O–H groups in total. The van der Waals surface area contributed by atoms with E-state index in [1.54, 1.807) is 41.9 Å². The summed E-state index contributed by atoms with van der Waals surface area (Å²) in [6, 6.07) is 11.0. The van der Waals surface area contributed by atoms with Crippen molar-refractivity contribution in [2.24, 2.45) is 7.05 Å². The van der Waals surface area contributed by atoms with Crippen molar-refractivity contribution in [3.05, 3.63) is 63.6 Å². The fraction of sp³-hybridized carbons (Fsp3) is 0.158. The van der Waals surface area contributed by atoms with E-state index in [-0.39, 0.29) is 23.8 Å². The molecule has 0 atom stereocenters. The molecule has 7 nitrogen and oxygen atoms in total.